The standard InChI is InChI=1S/C27H36O/c1-3-5-11-23-28-27-21-19-26(20-22-27)14-10-8-7-9-13-25-17-15-24(16-18-25)12-6-4-2/h7-8,19-22,24-25H,3-6,11-12,15-18,23H2,1-2H3/b8-7+/t24-,25-. The summed E-state index contributed by atoms with van der Waals surface area (Å²) in [5.41, 5.74) is 1.00. The van der Waals surface area contributed by atoms with Gasteiger partial charge in [-0.25, -0.2) is 0 Å². The summed E-state index contributed by atoms with van der Waals surface area (Å²) < 4.78 is 5.72. The van der Waals surface area contributed by atoms with E-state index in [9.17, 15) is 0 Å². The van der Waals surface area contributed by atoms with E-state index in [4.69, 9.17) is 4.74 Å². The lowest BCUT2D eigenvalue weighted by molar-refractivity contribution is 0.296. The molecule has 1 aliphatic carbocycles. The van der Waals surface area contributed by atoms with Gasteiger partial charge in [-0.2, -0.15) is 0 Å². The molecule has 1 aromatic rings. The van der Waals surface area contributed by atoms with E-state index in [2.05, 4.69) is 37.5 Å². The van der Waals surface area contributed by atoms with Gasteiger partial charge in [0.2, 0.25) is 0 Å². The summed E-state index contributed by atoms with van der Waals surface area (Å²) in [6.45, 7) is 5.28. The van der Waals surface area contributed by atoms with Gasteiger partial charge in [-0.1, -0.05) is 69.6 Å². The smallest absolute Gasteiger partial charge is 0.119 e. The minimum Gasteiger partial charge on any atom is -0.494 e. The largest absolute Gasteiger partial charge is 0.494 e. The molecule has 0 aliphatic heterocycles. The topological polar surface area (TPSA) is 9.23 Å². The van der Waals surface area contributed by atoms with E-state index < -0.39 is 0 Å². The van der Waals surface area contributed by atoms with Gasteiger partial charge in [0.25, 0.3) is 0 Å². The van der Waals surface area contributed by atoms with E-state index in [-0.39, 0.29) is 0 Å². The highest BCUT2D eigenvalue weighted by Crippen LogP contribution is 2.31. The zero-order valence-corrected chi connectivity index (χ0v) is 17.8. The Morgan fingerprint density at radius 1 is 0.893 bits per heavy atom. The van der Waals surface area contributed by atoms with E-state index in [1.54, 1.807) is 0 Å². The Morgan fingerprint density at radius 3 is 2.32 bits per heavy atom. The number of ether oxygens (including phenoxy) is 1. The van der Waals surface area contributed by atoms with E-state index in [1.807, 2.05) is 36.4 Å². The fourth-order valence-electron chi connectivity index (χ4n) is 3.64. The van der Waals surface area contributed by atoms with Gasteiger partial charge >= 0.3 is 0 Å². The Hall–Kier alpha value is -2.12. The molecule has 0 saturated heterocycles. The van der Waals surface area contributed by atoms with Crippen molar-refractivity contribution in [2.45, 2.75) is 78.1 Å². The zero-order valence-electron chi connectivity index (χ0n) is 17.8. The third-order valence-electron chi connectivity index (χ3n) is 5.44. The van der Waals surface area contributed by atoms with Crippen LogP contribution in [-0.2, 0) is 0 Å². The van der Waals surface area contributed by atoms with Crippen molar-refractivity contribution >= 4 is 0 Å². The molecule has 1 nitrogen and oxygen atoms in total. The summed E-state index contributed by atoms with van der Waals surface area (Å²) in [6.07, 6.45) is 16.7. The van der Waals surface area contributed by atoms with E-state index in [1.165, 1.54) is 57.8 Å². The Kier molecular flexibility index (Phi) is 11.1. The summed E-state index contributed by atoms with van der Waals surface area (Å²) in [7, 11) is 0. The molecule has 150 valence electrons. The third-order valence-corrected chi connectivity index (χ3v) is 5.44. The van der Waals surface area contributed by atoms with Crippen molar-refractivity contribution in [3.8, 4) is 29.4 Å². The molecule has 0 spiro atoms. The first-order valence-electron chi connectivity index (χ1n) is 11.2. The van der Waals surface area contributed by atoms with Crippen LogP contribution in [0, 0.1) is 35.5 Å². The molecule has 28 heavy (non-hydrogen) atoms. The molecule has 2 rings (SSSR count). The molecule has 1 saturated carbocycles. The van der Waals surface area contributed by atoms with Crippen molar-refractivity contribution in [1.29, 1.82) is 0 Å². The molecular weight excluding hydrogens is 340 g/mol. The quantitative estimate of drug-likeness (QED) is 0.345. The van der Waals surface area contributed by atoms with Crippen LogP contribution >= 0.6 is 0 Å². The SMILES string of the molecule is CCCCCOc1ccc(C#C/C=C/C#C[C@H]2CC[C@H](CCCC)CC2)cc1. The van der Waals surface area contributed by atoms with Crippen LogP contribution < -0.4 is 4.74 Å². The number of unbranched alkanes of at least 4 members (excludes halogenated alkanes) is 3. The van der Waals surface area contributed by atoms with E-state index >= 15 is 0 Å². The lowest BCUT2D eigenvalue weighted by Crippen LogP contribution is -2.13. The average molecular weight is 377 g/mol. The number of allylic oxidation sites excluding steroid dienone is 2. The van der Waals surface area contributed by atoms with Gasteiger partial charge in [0.15, 0.2) is 0 Å². The Balaban J connectivity index is 1.69. The Labute approximate surface area is 173 Å². The van der Waals surface area contributed by atoms with E-state index in [0.717, 1.165) is 30.3 Å². The molecule has 0 bridgehead atoms. The van der Waals surface area contributed by atoms with Crippen LogP contribution in [-0.4, -0.2) is 6.61 Å². The maximum Gasteiger partial charge on any atom is 0.119 e. The molecule has 1 fully saturated rings. The molecule has 0 radical (unpaired) electrons. The number of rotatable bonds is 8. The summed E-state index contributed by atoms with van der Waals surface area (Å²) in [5, 5.41) is 0. The van der Waals surface area contributed by atoms with Crippen molar-refractivity contribution < 1.29 is 4.74 Å². The minimum atomic E-state index is 0.584. The molecule has 0 heterocycles. The van der Waals surface area contributed by atoms with Crippen LogP contribution in [0.25, 0.3) is 0 Å². The summed E-state index contributed by atoms with van der Waals surface area (Å²) in [5.74, 6) is 15.3. The first-order valence-corrected chi connectivity index (χ1v) is 11.2. The monoisotopic (exact) mass is 376 g/mol. The van der Waals surface area contributed by atoms with Crippen LogP contribution in [0.4, 0.5) is 0 Å². The Bertz CT molecular complexity index is 682. The van der Waals surface area contributed by atoms with Crippen LogP contribution in [0.5, 0.6) is 5.75 Å². The predicted molar refractivity (Wildman–Crippen MR) is 120 cm³/mol. The molecule has 1 aliphatic rings. The van der Waals surface area contributed by atoms with Crippen LogP contribution in [0.1, 0.15) is 83.6 Å². The lowest BCUT2D eigenvalue weighted by atomic mass is 9.80. The van der Waals surface area contributed by atoms with Gasteiger partial charge in [-0.05, 0) is 74.4 Å². The molecule has 0 atom stereocenters. The summed E-state index contributed by atoms with van der Waals surface area (Å²) in [4.78, 5) is 0. The molecule has 1 aromatic carbocycles. The fraction of sp³-hybridized carbons (Fsp3) is 0.556. The van der Waals surface area contributed by atoms with E-state index in [0.29, 0.717) is 5.92 Å². The van der Waals surface area contributed by atoms with Crippen molar-refractivity contribution in [3.05, 3.63) is 42.0 Å². The maximum atomic E-state index is 5.72. The molecule has 0 unspecified atom stereocenters. The predicted octanol–water partition coefficient (Wildman–Crippen LogP) is 7.16. The van der Waals surface area contributed by atoms with Crippen molar-refractivity contribution in [1.82, 2.24) is 0 Å². The van der Waals surface area contributed by atoms with Gasteiger partial charge in [0, 0.05) is 11.5 Å². The molecule has 0 aromatic heterocycles. The number of benzene rings is 1. The lowest BCUT2D eigenvalue weighted by Gasteiger charge is -2.25. The van der Waals surface area contributed by atoms with Crippen LogP contribution in [0.15, 0.2) is 36.4 Å². The second-order valence-electron chi connectivity index (χ2n) is 7.83. The van der Waals surface area contributed by atoms with Gasteiger partial charge in [0.05, 0.1) is 6.61 Å². The zero-order chi connectivity index (χ0) is 19.9. The molecule has 0 amide bonds. The second kappa shape index (κ2) is 14.0. The van der Waals surface area contributed by atoms with Gasteiger partial charge in [-0.3, -0.25) is 0 Å². The average Bonchev–Trinajstić information content (AvgIpc) is 2.74. The highest BCUT2D eigenvalue weighted by atomic mass is 16.5. The van der Waals surface area contributed by atoms with Crippen LogP contribution in [0.2, 0.25) is 0 Å². The van der Waals surface area contributed by atoms with Crippen molar-refractivity contribution in [2.24, 2.45) is 11.8 Å². The first-order chi connectivity index (χ1) is 13.8. The highest BCUT2D eigenvalue weighted by Gasteiger charge is 2.18. The van der Waals surface area contributed by atoms with Gasteiger partial charge in [0.1, 0.15) is 5.75 Å². The third kappa shape index (κ3) is 9.19. The summed E-state index contributed by atoms with van der Waals surface area (Å²) in [6, 6.07) is 8.02. The normalized spacial score (nSPS) is 18.8. The molecule has 0 N–H and O–H groups in total. The second-order valence-corrected chi connectivity index (χ2v) is 7.83. The van der Waals surface area contributed by atoms with Crippen molar-refractivity contribution in [2.75, 3.05) is 6.61 Å². The first kappa shape index (κ1) is 22.2. The van der Waals surface area contributed by atoms with Gasteiger partial charge < -0.3 is 4.74 Å². The molecule has 1 heteroatoms. The fourth-order valence-corrected chi connectivity index (χ4v) is 3.64. The number of hydrogen-bond acceptors (Lipinski definition) is 1. The minimum absolute atomic E-state index is 0.584. The highest BCUT2D eigenvalue weighted by molar-refractivity contribution is 5.40. The maximum absolute atomic E-state index is 5.72. The summed E-state index contributed by atoms with van der Waals surface area (Å²) >= 11 is 0. The van der Waals surface area contributed by atoms with Crippen LogP contribution in [0.3, 0.4) is 0 Å². The molecular formula is C27H36O. The van der Waals surface area contributed by atoms with Crippen molar-refractivity contribution in [3.63, 3.8) is 0 Å². The van der Waals surface area contributed by atoms with Gasteiger partial charge in [-0.15, -0.1) is 0 Å². The number of hydrogen-bond donors (Lipinski definition) is 0. The Morgan fingerprint density at radius 2 is 1.61 bits per heavy atom.